The molecule has 0 N–H and O–H groups in total. The van der Waals surface area contributed by atoms with Crippen molar-refractivity contribution >= 4 is 5.97 Å². The molecule has 0 saturated carbocycles. The minimum atomic E-state index is -5.11. The first-order valence-corrected chi connectivity index (χ1v) is 6.40. The van der Waals surface area contributed by atoms with Gasteiger partial charge in [-0.05, 0) is 18.1 Å². The highest BCUT2D eigenvalue weighted by atomic mass is 19.4. The fourth-order valence-electron chi connectivity index (χ4n) is 2.09. The Morgan fingerprint density at radius 1 is 1.17 bits per heavy atom. The van der Waals surface area contributed by atoms with Crippen LogP contribution in [0.1, 0.15) is 11.1 Å². The maximum atomic E-state index is 12.2. The van der Waals surface area contributed by atoms with Crippen LogP contribution >= 0.6 is 0 Å². The Morgan fingerprint density at radius 3 is 2.48 bits per heavy atom. The van der Waals surface area contributed by atoms with E-state index in [9.17, 15) is 31.1 Å². The van der Waals surface area contributed by atoms with Crippen molar-refractivity contribution in [3.8, 4) is 5.75 Å². The van der Waals surface area contributed by atoms with Gasteiger partial charge in [-0.1, -0.05) is 12.1 Å². The highest BCUT2D eigenvalue weighted by molar-refractivity contribution is 5.75. The Bertz CT molecular complexity index is 584. The van der Waals surface area contributed by atoms with Gasteiger partial charge in [-0.25, -0.2) is 4.79 Å². The summed E-state index contributed by atoms with van der Waals surface area (Å²) in [6.07, 6.45) is -9.52. The van der Waals surface area contributed by atoms with Crippen molar-refractivity contribution in [1.82, 2.24) is 5.06 Å². The average molecular weight is 343 g/mol. The second kappa shape index (κ2) is 6.26. The van der Waals surface area contributed by atoms with E-state index in [1.807, 2.05) is 0 Å². The third-order valence-corrected chi connectivity index (χ3v) is 3.02. The first-order valence-electron chi connectivity index (χ1n) is 6.40. The van der Waals surface area contributed by atoms with Crippen LogP contribution in [0.15, 0.2) is 18.2 Å². The number of hydroxylamine groups is 2. The van der Waals surface area contributed by atoms with Gasteiger partial charge in [0, 0.05) is 12.1 Å². The number of rotatable bonds is 3. The SMILES string of the molecule is O=C(ON1CCc2c(cccc2OCC(F)(F)F)C1)C(F)(F)F. The molecule has 0 bridgehead atoms. The molecule has 0 amide bonds. The largest absolute Gasteiger partial charge is 0.492 e. The zero-order valence-electron chi connectivity index (χ0n) is 11.5. The number of carbonyl (C=O) groups is 1. The molecule has 0 spiro atoms. The summed E-state index contributed by atoms with van der Waals surface area (Å²) in [7, 11) is 0. The number of hydrogen-bond donors (Lipinski definition) is 0. The van der Waals surface area contributed by atoms with Gasteiger partial charge in [0.1, 0.15) is 5.75 Å². The van der Waals surface area contributed by atoms with E-state index in [-0.39, 0.29) is 25.3 Å². The molecule has 0 atom stereocenters. The molecule has 10 heteroatoms. The van der Waals surface area contributed by atoms with Crippen molar-refractivity contribution in [1.29, 1.82) is 0 Å². The zero-order chi connectivity index (χ0) is 17.3. The molecule has 128 valence electrons. The Hall–Kier alpha value is -1.97. The van der Waals surface area contributed by atoms with Crippen molar-refractivity contribution in [2.24, 2.45) is 0 Å². The molecule has 4 nitrogen and oxygen atoms in total. The topological polar surface area (TPSA) is 38.8 Å². The van der Waals surface area contributed by atoms with Crippen LogP contribution in [0.3, 0.4) is 0 Å². The molecular weight excluding hydrogens is 332 g/mol. The van der Waals surface area contributed by atoms with Gasteiger partial charge in [-0.3, -0.25) is 0 Å². The monoisotopic (exact) mass is 343 g/mol. The summed E-state index contributed by atoms with van der Waals surface area (Å²) in [5.41, 5.74) is 0.891. The Labute approximate surface area is 126 Å². The summed E-state index contributed by atoms with van der Waals surface area (Å²) in [4.78, 5) is 15.0. The second-order valence-corrected chi connectivity index (χ2v) is 4.79. The van der Waals surface area contributed by atoms with E-state index in [2.05, 4.69) is 4.84 Å². The Morgan fingerprint density at radius 2 is 1.87 bits per heavy atom. The summed E-state index contributed by atoms with van der Waals surface area (Å²) in [6, 6.07) is 4.28. The summed E-state index contributed by atoms with van der Waals surface area (Å²) in [5, 5.41) is 0.811. The zero-order valence-corrected chi connectivity index (χ0v) is 11.5. The van der Waals surface area contributed by atoms with Gasteiger partial charge in [0.25, 0.3) is 0 Å². The van der Waals surface area contributed by atoms with Crippen LogP contribution in [0, 0.1) is 0 Å². The number of ether oxygens (including phenoxy) is 1. The molecule has 0 fully saturated rings. The second-order valence-electron chi connectivity index (χ2n) is 4.79. The quantitative estimate of drug-likeness (QED) is 0.791. The van der Waals surface area contributed by atoms with Gasteiger partial charge in [0.05, 0.1) is 6.54 Å². The minimum absolute atomic E-state index is 0.0154. The maximum Gasteiger partial charge on any atom is 0.492 e. The lowest BCUT2D eigenvalue weighted by atomic mass is 10.00. The highest BCUT2D eigenvalue weighted by Gasteiger charge is 2.43. The normalized spacial score (nSPS) is 15.9. The van der Waals surface area contributed by atoms with Crippen molar-refractivity contribution in [2.75, 3.05) is 13.2 Å². The van der Waals surface area contributed by atoms with Crippen molar-refractivity contribution in [3.05, 3.63) is 29.3 Å². The molecule has 23 heavy (non-hydrogen) atoms. The van der Waals surface area contributed by atoms with Crippen LogP contribution in [0.25, 0.3) is 0 Å². The molecule has 1 aromatic carbocycles. The van der Waals surface area contributed by atoms with Gasteiger partial charge in [-0.2, -0.15) is 26.3 Å². The number of hydrogen-bond acceptors (Lipinski definition) is 4. The molecule has 0 aliphatic carbocycles. The Kier molecular flexibility index (Phi) is 4.73. The van der Waals surface area contributed by atoms with Gasteiger partial charge >= 0.3 is 18.3 Å². The number of carbonyl (C=O) groups excluding carboxylic acids is 1. The van der Waals surface area contributed by atoms with Crippen LogP contribution in [-0.2, 0) is 22.6 Å². The number of nitrogens with zero attached hydrogens (tertiary/aromatic N) is 1. The van der Waals surface area contributed by atoms with E-state index in [4.69, 9.17) is 4.74 Å². The number of fused-ring (bicyclic) bond motifs is 1. The maximum absolute atomic E-state index is 12.2. The number of halogens is 6. The average Bonchev–Trinajstić information content (AvgIpc) is 2.42. The first kappa shape index (κ1) is 17.4. The van der Waals surface area contributed by atoms with Crippen molar-refractivity contribution in [2.45, 2.75) is 25.3 Å². The standard InChI is InChI=1S/C13H11F6NO3/c14-12(15,16)7-22-10-3-1-2-8-6-20(5-4-9(8)10)23-11(21)13(17,18)19/h1-3H,4-7H2. The van der Waals surface area contributed by atoms with Crippen LogP contribution in [0.2, 0.25) is 0 Å². The minimum Gasteiger partial charge on any atom is -0.484 e. The summed E-state index contributed by atoms with van der Waals surface area (Å²) < 4.78 is 77.7. The lowest BCUT2D eigenvalue weighted by molar-refractivity contribution is -0.241. The third-order valence-electron chi connectivity index (χ3n) is 3.02. The van der Waals surface area contributed by atoms with Gasteiger partial charge in [0.15, 0.2) is 6.61 Å². The molecule has 1 aromatic rings. The predicted molar refractivity (Wildman–Crippen MR) is 64.3 cm³/mol. The molecule has 1 heterocycles. The van der Waals surface area contributed by atoms with Gasteiger partial charge in [-0.15, -0.1) is 5.06 Å². The lowest BCUT2D eigenvalue weighted by Crippen LogP contribution is -2.38. The fraction of sp³-hybridized carbons (Fsp3) is 0.462. The lowest BCUT2D eigenvalue weighted by Gasteiger charge is -2.28. The smallest absolute Gasteiger partial charge is 0.484 e. The first-order chi connectivity index (χ1) is 10.6. The Balaban J connectivity index is 2.06. The predicted octanol–water partition coefficient (Wildman–Crippen LogP) is 3.01. The van der Waals surface area contributed by atoms with Gasteiger partial charge < -0.3 is 9.57 Å². The molecule has 0 radical (unpaired) electrons. The van der Waals surface area contributed by atoms with Crippen LogP contribution < -0.4 is 4.74 Å². The van der Waals surface area contributed by atoms with Crippen LogP contribution in [0.5, 0.6) is 5.75 Å². The van der Waals surface area contributed by atoms with E-state index in [0.717, 1.165) is 5.06 Å². The van der Waals surface area contributed by atoms with Gasteiger partial charge in [0.2, 0.25) is 0 Å². The highest BCUT2D eigenvalue weighted by Crippen LogP contribution is 2.30. The molecule has 2 rings (SSSR count). The van der Waals surface area contributed by atoms with E-state index >= 15 is 0 Å². The fourth-order valence-corrected chi connectivity index (χ4v) is 2.09. The van der Waals surface area contributed by atoms with E-state index in [1.54, 1.807) is 0 Å². The summed E-state index contributed by atoms with van der Waals surface area (Å²) in [6.45, 7) is -1.71. The summed E-state index contributed by atoms with van der Waals surface area (Å²) >= 11 is 0. The molecular formula is C13H11F6NO3. The van der Waals surface area contributed by atoms with Crippen molar-refractivity contribution in [3.63, 3.8) is 0 Å². The van der Waals surface area contributed by atoms with Crippen molar-refractivity contribution < 1.29 is 40.7 Å². The molecule has 1 aliphatic heterocycles. The van der Waals surface area contributed by atoms with Crippen LogP contribution in [0.4, 0.5) is 26.3 Å². The molecule has 0 unspecified atom stereocenters. The van der Waals surface area contributed by atoms with Crippen LogP contribution in [-0.4, -0.2) is 36.5 Å². The molecule has 0 aromatic heterocycles. The van der Waals surface area contributed by atoms with E-state index in [1.165, 1.54) is 18.2 Å². The number of benzene rings is 1. The molecule has 0 saturated heterocycles. The van der Waals surface area contributed by atoms with E-state index < -0.39 is 24.9 Å². The molecule has 1 aliphatic rings. The third kappa shape index (κ3) is 4.75. The van der Waals surface area contributed by atoms with E-state index in [0.29, 0.717) is 11.1 Å². The summed E-state index contributed by atoms with van der Waals surface area (Å²) in [5.74, 6) is -2.33. The number of alkyl halides is 6.